The number of hydrogen-bond acceptors (Lipinski definition) is 3. The van der Waals surface area contributed by atoms with E-state index in [9.17, 15) is 14.3 Å². The zero-order chi connectivity index (χ0) is 17.4. The number of ether oxygens (including phenoxy) is 1. The summed E-state index contributed by atoms with van der Waals surface area (Å²) in [4.78, 5) is 15.0. The number of carbonyl (C=O) groups excluding carboxylic acids is 1. The van der Waals surface area contributed by atoms with Crippen LogP contribution in [0.25, 0.3) is 0 Å². The van der Waals surface area contributed by atoms with Gasteiger partial charge in [-0.3, -0.25) is 4.79 Å². The zero-order valence-electron chi connectivity index (χ0n) is 13.9. The lowest BCUT2D eigenvalue weighted by Crippen LogP contribution is -2.47. The number of rotatable bonds is 3. The molecule has 25 heavy (non-hydrogen) atoms. The van der Waals surface area contributed by atoms with Gasteiger partial charge in [0.05, 0.1) is 24.3 Å². The van der Waals surface area contributed by atoms with E-state index in [2.05, 4.69) is 0 Å². The molecule has 2 aromatic carbocycles. The highest BCUT2D eigenvalue weighted by atomic mass is 19.1. The van der Waals surface area contributed by atoms with Crippen molar-refractivity contribution in [2.24, 2.45) is 0 Å². The second-order valence-electron chi connectivity index (χ2n) is 6.62. The summed E-state index contributed by atoms with van der Waals surface area (Å²) < 4.78 is 19.5. The second-order valence-corrected chi connectivity index (χ2v) is 6.62. The predicted octanol–water partition coefficient (Wildman–Crippen LogP) is 2.88. The van der Waals surface area contributed by atoms with E-state index in [4.69, 9.17) is 4.74 Å². The monoisotopic (exact) mass is 341 g/mol. The summed E-state index contributed by atoms with van der Waals surface area (Å²) in [5.41, 5.74) is 1.03. The summed E-state index contributed by atoms with van der Waals surface area (Å²) in [5, 5.41) is 10.2. The van der Waals surface area contributed by atoms with E-state index in [1.54, 1.807) is 4.90 Å². The van der Waals surface area contributed by atoms with Crippen molar-refractivity contribution in [3.05, 3.63) is 65.0 Å². The zero-order valence-corrected chi connectivity index (χ0v) is 13.9. The Morgan fingerprint density at radius 3 is 2.80 bits per heavy atom. The fourth-order valence-electron chi connectivity index (χ4n) is 4.05. The number of aliphatic hydroxyl groups is 1. The first-order chi connectivity index (χ1) is 12.2. The average Bonchev–Trinajstić information content (AvgIpc) is 3.30. The maximum absolute atomic E-state index is 13.9. The van der Waals surface area contributed by atoms with Crippen molar-refractivity contribution >= 4 is 5.91 Å². The number of hydrogen-bond donors (Lipinski definition) is 1. The summed E-state index contributed by atoms with van der Waals surface area (Å²) >= 11 is 0. The topological polar surface area (TPSA) is 49.8 Å². The Balaban J connectivity index is 1.76. The quantitative estimate of drug-likeness (QED) is 0.934. The number of likely N-dealkylation sites (tertiary alicyclic amines) is 1. The van der Waals surface area contributed by atoms with Crippen LogP contribution < -0.4 is 4.74 Å². The van der Waals surface area contributed by atoms with Gasteiger partial charge in [-0.25, -0.2) is 4.39 Å². The molecule has 1 N–H and O–H groups in total. The van der Waals surface area contributed by atoms with E-state index in [1.807, 2.05) is 30.3 Å². The van der Waals surface area contributed by atoms with E-state index in [0.717, 1.165) is 12.0 Å². The molecular formula is C20H20FNO3. The van der Waals surface area contributed by atoms with Crippen molar-refractivity contribution in [1.82, 2.24) is 4.90 Å². The van der Waals surface area contributed by atoms with E-state index in [0.29, 0.717) is 42.9 Å². The van der Waals surface area contributed by atoms with Gasteiger partial charge in [0.25, 0.3) is 5.91 Å². The maximum Gasteiger partial charge on any atom is 0.258 e. The number of benzene rings is 2. The van der Waals surface area contributed by atoms with Gasteiger partial charge in [-0.1, -0.05) is 30.3 Å². The van der Waals surface area contributed by atoms with Crippen molar-refractivity contribution in [3.63, 3.8) is 0 Å². The Labute approximate surface area is 145 Å². The molecule has 0 aliphatic carbocycles. The fraction of sp³-hybridized carbons (Fsp3) is 0.350. The molecule has 1 saturated heterocycles. The van der Waals surface area contributed by atoms with Crippen molar-refractivity contribution < 1.29 is 19.0 Å². The second kappa shape index (κ2) is 6.15. The molecule has 0 saturated carbocycles. The SMILES string of the molecule is O=C(c1ccc(F)c2c1OCC2)N1CCCC1(CO)c1ccccc1. The number of aliphatic hydroxyl groups excluding tert-OH is 1. The van der Waals surface area contributed by atoms with Crippen LogP contribution in [0.1, 0.15) is 34.3 Å². The van der Waals surface area contributed by atoms with E-state index >= 15 is 0 Å². The number of halogens is 1. The normalized spacial score (nSPS) is 21.9. The molecule has 1 unspecified atom stereocenters. The maximum atomic E-state index is 13.9. The Morgan fingerprint density at radius 2 is 2.04 bits per heavy atom. The number of fused-ring (bicyclic) bond motifs is 1. The summed E-state index contributed by atoms with van der Waals surface area (Å²) in [6.45, 7) is 0.799. The van der Waals surface area contributed by atoms with Crippen molar-refractivity contribution in [3.8, 4) is 5.75 Å². The van der Waals surface area contributed by atoms with Crippen LogP contribution in [0.15, 0.2) is 42.5 Å². The minimum atomic E-state index is -0.738. The van der Waals surface area contributed by atoms with Crippen LogP contribution in [-0.4, -0.2) is 35.7 Å². The summed E-state index contributed by atoms with van der Waals surface area (Å²) in [6, 6.07) is 12.4. The van der Waals surface area contributed by atoms with Gasteiger partial charge >= 0.3 is 0 Å². The van der Waals surface area contributed by atoms with Crippen LogP contribution >= 0.6 is 0 Å². The average molecular weight is 341 g/mol. The molecule has 4 nitrogen and oxygen atoms in total. The molecule has 2 heterocycles. The third-order valence-corrected chi connectivity index (χ3v) is 5.34. The molecule has 130 valence electrons. The molecule has 4 rings (SSSR count). The highest BCUT2D eigenvalue weighted by Crippen LogP contribution is 2.41. The Morgan fingerprint density at radius 1 is 1.24 bits per heavy atom. The number of carbonyl (C=O) groups is 1. The lowest BCUT2D eigenvalue weighted by Gasteiger charge is -2.38. The van der Waals surface area contributed by atoms with Crippen molar-refractivity contribution in [2.75, 3.05) is 19.8 Å². The van der Waals surface area contributed by atoms with Crippen LogP contribution in [0.2, 0.25) is 0 Å². The van der Waals surface area contributed by atoms with Crippen molar-refractivity contribution in [1.29, 1.82) is 0 Å². The molecule has 0 spiro atoms. The summed E-state index contributed by atoms with van der Waals surface area (Å²) in [5.74, 6) is -0.188. The van der Waals surface area contributed by atoms with E-state index in [-0.39, 0.29) is 18.3 Å². The molecule has 2 aliphatic heterocycles. The highest BCUT2D eigenvalue weighted by Gasteiger charge is 2.45. The minimum Gasteiger partial charge on any atom is -0.492 e. The lowest BCUT2D eigenvalue weighted by atomic mass is 9.87. The standard InChI is InChI=1S/C20H20FNO3/c21-17-8-7-16(18-15(17)9-12-25-18)19(24)22-11-4-10-20(22,13-23)14-5-2-1-3-6-14/h1-3,5-8,23H,4,9-13H2. The van der Waals surface area contributed by atoms with Gasteiger partial charge in [0.15, 0.2) is 0 Å². The van der Waals surface area contributed by atoms with Crippen LogP contribution in [0.3, 0.4) is 0 Å². The first-order valence-corrected chi connectivity index (χ1v) is 8.60. The fourth-order valence-corrected chi connectivity index (χ4v) is 4.05. The Kier molecular flexibility index (Phi) is 3.96. The number of amides is 1. The lowest BCUT2D eigenvalue weighted by molar-refractivity contribution is 0.0396. The minimum absolute atomic E-state index is 0.146. The van der Waals surface area contributed by atoms with Crippen molar-refractivity contribution in [2.45, 2.75) is 24.8 Å². The molecule has 2 aromatic rings. The van der Waals surface area contributed by atoms with Gasteiger partial charge in [0.2, 0.25) is 0 Å². The first-order valence-electron chi connectivity index (χ1n) is 8.60. The Hall–Kier alpha value is -2.40. The van der Waals surface area contributed by atoms with Crippen LogP contribution in [-0.2, 0) is 12.0 Å². The van der Waals surface area contributed by atoms with Gasteiger partial charge in [0, 0.05) is 18.5 Å². The van der Waals surface area contributed by atoms with Crippen LogP contribution in [0, 0.1) is 5.82 Å². The summed E-state index contributed by atoms with van der Waals surface area (Å²) in [7, 11) is 0. The molecule has 0 aromatic heterocycles. The molecule has 2 aliphatic rings. The van der Waals surface area contributed by atoms with Gasteiger partial charge in [-0.05, 0) is 30.5 Å². The summed E-state index contributed by atoms with van der Waals surface area (Å²) in [6.07, 6.45) is 1.99. The Bertz CT molecular complexity index is 808. The third kappa shape index (κ3) is 2.42. The van der Waals surface area contributed by atoms with Crippen LogP contribution in [0.5, 0.6) is 5.75 Å². The molecule has 1 atom stereocenters. The first kappa shape index (κ1) is 16.1. The molecule has 0 bridgehead atoms. The molecule has 5 heteroatoms. The number of nitrogens with zero attached hydrogens (tertiary/aromatic N) is 1. The van der Waals surface area contributed by atoms with E-state index < -0.39 is 5.54 Å². The van der Waals surface area contributed by atoms with Gasteiger partial charge in [0.1, 0.15) is 11.6 Å². The molecule has 0 radical (unpaired) electrons. The smallest absolute Gasteiger partial charge is 0.258 e. The molecular weight excluding hydrogens is 321 g/mol. The molecule has 1 fully saturated rings. The van der Waals surface area contributed by atoms with Gasteiger partial charge in [-0.2, -0.15) is 0 Å². The van der Waals surface area contributed by atoms with Crippen LogP contribution in [0.4, 0.5) is 4.39 Å². The molecule has 1 amide bonds. The van der Waals surface area contributed by atoms with E-state index in [1.165, 1.54) is 12.1 Å². The van der Waals surface area contributed by atoms with Gasteiger partial charge in [-0.15, -0.1) is 0 Å². The highest BCUT2D eigenvalue weighted by molar-refractivity contribution is 5.98. The largest absolute Gasteiger partial charge is 0.492 e. The van der Waals surface area contributed by atoms with Gasteiger partial charge < -0.3 is 14.7 Å². The predicted molar refractivity (Wildman–Crippen MR) is 91.1 cm³/mol. The third-order valence-electron chi connectivity index (χ3n) is 5.34.